The molecule has 3 radical (unpaired) electrons. The summed E-state index contributed by atoms with van der Waals surface area (Å²) in [5, 5.41) is 1.46. The van der Waals surface area contributed by atoms with E-state index in [1.807, 2.05) is 33.8 Å². The normalized spacial score (nSPS) is 18.5. The number of rotatable bonds is 2. The summed E-state index contributed by atoms with van der Waals surface area (Å²) in [6, 6.07) is 8.42. The summed E-state index contributed by atoms with van der Waals surface area (Å²) in [5.74, 6) is 2.97. The fraction of sp³-hybridized carbons (Fsp3) is 0.368. The molecule has 25 heavy (non-hydrogen) atoms. The lowest BCUT2D eigenvalue weighted by Crippen LogP contribution is -2.41. The van der Waals surface area contributed by atoms with Gasteiger partial charge in [0.05, 0.1) is 11.2 Å². The van der Waals surface area contributed by atoms with Gasteiger partial charge >= 0.3 is 7.12 Å². The van der Waals surface area contributed by atoms with Gasteiger partial charge in [0.1, 0.15) is 10.2 Å². The topological polar surface area (TPSA) is 18.5 Å². The zero-order valence-corrected chi connectivity index (χ0v) is 15.6. The van der Waals surface area contributed by atoms with E-state index in [-0.39, 0.29) is 5.56 Å². The van der Waals surface area contributed by atoms with Crippen LogP contribution in [0, 0.1) is 11.5 Å². The van der Waals surface area contributed by atoms with E-state index in [0.29, 0.717) is 10.8 Å². The molecule has 1 heterocycles. The first kappa shape index (κ1) is 18.1. The third-order valence-electron chi connectivity index (χ3n) is 4.99. The van der Waals surface area contributed by atoms with E-state index in [9.17, 15) is 8.78 Å². The number of benzene rings is 2. The smallest absolute Gasteiger partial charge is 0.399 e. The zero-order valence-electron chi connectivity index (χ0n) is 14.6. The van der Waals surface area contributed by atoms with Crippen LogP contribution in [-0.4, -0.2) is 28.6 Å². The number of hydrogen-bond acceptors (Lipinski definition) is 2. The summed E-state index contributed by atoms with van der Waals surface area (Å²) in [5.41, 5.74) is 2.84. The molecule has 0 aromatic heterocycles. The largest absolute Gasteiger partial charge is 0.495 e. The van der Waals surface area contributed by atoms with Crippen LogP contribution in [0.2, 0.25) is 0 Å². The molecule has 0 saturated carbocycles. The molecule has 3 rings (SSSR count). The maximum absolute atomic E-state index is 13.4. The Bertz CT molecular complexity index is 868. The maximum atomic E-state index is 13.4. The molecule has 2 aromatic rings. The molecule has 0 bridgehead atoms. The highest BCUT2D eigenvalue weighted by Gasteiger charge is 2.52. The quantitative estimate of drug-likeness (QED) is 0.606. The Morgan fingerprint density at radius 2 is 1.72 bits per heavy atom. The SMILES string of the molecule is CC1(C)OB(c2cc(C(F)F)cc3cccc(C#C[Si])c23)OC1(C)C. The van der Waals surface area contributed by atoms with Crippen LogP contribution in [0.25, 0.3) is 10.8 Å². The van der Waals surface area contributed by atoms with E-state index in [4.69, 9.17) is 9.31 Å². The first-order valence-corrected chi connectivity index (χ1v) is 8.54. The summed E-state index contributed by atoms with van der Waals surface area (Å²) >= 11 is 0. The molecule has 2 aromatic carbocycles. The van der Waals surface area contributed by atoms with Crippen LogP contribution in [-0.2, 0) is 9.31 Å². The predicted molar refractivity (Wildman–Crippen MR) is 97.3 cm³/mol. The molecule has 1 fully saturated rings. The van der Waals surface area contributed by atoms with Crippen molar-refractivity contribution in [1.29, 1.82) is 0 Å². The van der Waals surface area contributed by atoms with Gasteiger partial charge in [-0.05, 0) is 56.1 Å². The number of halogens is 2. The fourth-order valence-corrected chi connectivity index (χ4v) is 3.07. The van der Waals surface area contributed by atoms with Gasteiger partial charge in [0.25, 0.3) is 6.43 Å². The molecule has 6 heteroatoms. The Morgan fingerprint density at radius 1 is 1.08 bits per heavy atom. The molecule has 0 unspecified atom stereocenters. The molecule has 0 amide bonds. The average Bonchev–Trinajstić information content (AvgIpc) is 2.74. The van der Waals surface area contributed by atoms with Crippen LogP contribution in [0.4, 0.5) is 8.78 Å². The minimum absolute atomic E-state index is 0.0549. The van der Waals surface area contributed by atoms with Gasteiger partial charge in [0.2, 0.25) is 0 Å². The second-order valence-corrected chi connectivity index (χ2v) is 7.40. The van der Waals surface area contributed by atoms with Gasteiger partial charge in [-0.1, -0.05) is 24.1 Å². The summed E-state index contributed by atoms with van der Waals surface area (Å²) in [6.07, 6.45) is -2.57. The summed E-state index contributed by atoms with van der Waals surface area (Å²) in [4.78, 5) is 0. The van der Waals surface area contributed by atoms with Gasteiger partial charge in [-0.15, -0.1) is 5.54 Å². The lowest BCUT2D eigenvalue weighted by Gasteiger charge is -2.32. The van der Waals surface area contributed by atoms with E-state index >= 15 is 0 Å². The Hall–Kier alpha value is -1.68. The van der Waals surface area contributed by atoms with Crippen LogP contribution in [0.3, 0.4) is 0 Å². The third-order valence-corrected chi connectivity index (χ3v) is 5.11. The highest BCUT2D eigenvalue weighted by atomic mass is 28.1. The monoisotopic (exact) mass is 355 g/mol. The van der Waals surface area contributed by atoms with Crippen molar-refractivity contribution in [2.75, 3.05) is 0 Å². The molecular weight excluding hydrogens is 337 g/mol. The van der Waals surface area contributed by atoms with Crippen LogP contribution in [0.1, 0.15) is 45.2 Å². The van der Waals surface area contributed by atoms with Crippen LogP contribution in [0.5, 0.6) is 0 Å². The molecule has 0 aliphatic carbocycles. The highest BCUT2D eigenvalue weighted by molar-refractivity contribution is 6.65. The maximum Gasteiger partial charge on any atom is 0.495 e. The molecule has 0 spiro atoms. The van der Waals surface area contributed by atoms with Crippen LogP contribution in [0.15, 0.2) is 30.3 Å². The summed E-state index contributed by atoms with van der Waals surface area (Å²) in [6.45, 7) is 7.74. The van der Waals surface area contributed by atoms with Crippen molar-refractivity contribution in [3.8, 4) is 11.5 Å². The Morgan fingerprint density at radius 3 is 2.28 bits per heavy atom. The van der Waals surface area contributed by atoms with Crippen LogP contribution < -0.4 is 5.46 Å². The lowest BCUT2D eigenvalue weighted by atomic mass is 9.74. The van der Waals surface area contributed by atoms with Crippen molar-refractivity contribution in [1.82, 2.24) is 0 Å². The average molecular weight is 355 g/mol. The van der Waals surface area contributed by atoms with E-state index in [1.54, 1.807) is 12.1 Å². The van der Waals surface area contributed by atoms with Crippen molar-refractivity contribution in [2.45, 2.75) is 45.3 Å². The van der Waals surface area contributed by atoms with Crippen LogP contribution >= 0.6 is 0 Å². The van der Waals surface area contributed by atoms with Gasteiger partial charge in [0.15, 0.2) is 0 Å². The standard InChI is InChI=1S/C19H18BF2O2Si/c1-18(2)19(3,4)24-20(23-18)15-11-14(17(21)22)10-13-7-5-6-12(8-9-25)16(13)15/h5-7,10-11,17H,1-4H3. The molecule has 1 aliphatic rings. The van der Waals surface area contributed by atoms with E-state index in [2.05, 4.69) is 21.7 Å². The van der Waals surface area contributed by atoms with Gasteiger partial charge in [0, 0.05) is 11.1 Å². The number of fused-ring (bicyclic) bond motifs is 1. The third kappa shape index (κ3) is 3.12. The van der Waals surface area contributed by atoms with E-state index < -0.39 is 24.7 Å². The van der Waals surface area contributed by atoms with Gasteiger partial charge in [-0.25, -0.2) is 8.78 Å². The lowest BCUT2D eigenvalue weighted by molar-refractivity contribution is 0.00578. The first-order valence-electron chi connectivity index (χ1n) is 8.04. The van der Waals surface area contributed by atoms with Gasteiger partial charge < -0.3 is 9.31 Å². The van der Waals surface area contributed by atoms with Crippen molar-refractivity contribution < 1.29 is 18.1 Å². The Kier molecular flexibility index (Phi) is 4.52. The summed E-state index contributed by atoms with van der Waals surface area (Å²) < 4.78 is 39.0. The van der Waals surface area contributed by atoms with E-state index in [0.717, 1.165) is 10.9 Å². The molecule has 127 valence electrons. The molecule has 2 nitrogen and oxygen atoms in total. The van der Waals surface area contributed by atoms with Crippen molar-refractivity contribution in [3.05, 3.63) is 41.5 Å². The minimum Gasteiger partial charge on any atom is -0.399 e. The van der Waals surface area contributed by atoms with Crippen molar-refractivity contribution in [2.24, 2.45) is 0 Å². The first-order chi connectivity index (χ1) is 11.7. The highest BCUT2D eigenvalue weighted by Crippen LogP contribution is 2.37. The van der Waals surface area contributed by atoms with Crippen molar-refractivity contribution >= 4 is 33.6 Å². The molecule has 0 N–H and O–H groups in total. The number of hydrogen-bond donors (Lipinski definition) is 0. The van der Waals surface area contributed by atoms with Gasteiger partial charge in [-0.2, -0.15) is 0 Å². The molecule has 1 aliphatic heterocycles. The molecule has 1 saturated heterocycles. The minimum atomic E-state index is -2.57. The number of alkyl halides is 2. The van der Waals surface area contributed by atoms with Crippen molar-refractivity contribution in [3.63, 3.8) is 0 Å². The second kappa shape index (κ2) is 6.24. The zero-order chi connectivity index (χ0) is 18.4. The second-order valence-electron chi connectivity index (χ2n) is 7.15. The molecular formula is C19H18BF2O2Si. The summed E-state index contributed by atoms with van der Waals surface area (Å²) in [7, 11) is 2.43. The predicted octanol–water partition coefficient (Wildman–Crippen LogP) is 3.55. The fourth-order valence-electron chi connectivity index (χ4n) is 2.94. The Balaban J connectivity index is 2.26. The van der Waals surface area contributed by atoms with Gasteiger partial charge in [-0.3, -0.25) is 0 Å². The molecule has 0 atom stereocenters. The Labute approximate surface area is 150 Å². The van der Waals surface area contributed by atoms with E-state index in [1.165, 1.54) is 12.1 Å².